The third-order valence-electron chi connectivity index (χ3n) is 2.51. The number of nitrogens with one attached hydrogen (secondary N) is 1. The Labute approximate surface area is 110 Å². The maximum absolute atomic E-state index is 5.78. The van der Waals surface area contributed by atoms with E-state index in [1.807, 2.05) is 0 Å². The Morgan fingerprint density at radius 2 is 2.06 bits per heavy atom. The van der Waals surface area contributed by atoms with Crippen molar-refractivity contribution in [3.8, 4) is 0 Å². The topological polar surface area (TPSA) is 50.3 Å². The minimum Gasteiger partial charge on any atom is -0.379 e. The molecule has 1 saturated heterocycles. The molecule has 7 heteroatoms. The average molecular weight is 277 g/mol. The lowest BCUT2D eigenvalue weighted by Gasteiger charge is -2.26. The number of aromatic nitrogens is 2. The molecule has 5 nitrogen and oxygen atoms in total. The van der Waals surface area contributed by atoms with Crippen LogP contribution in [0.3, 0.4) is 0 Å². The Bertz CT molecular complexity index is 351. The normalized spacial score (nSPS) is 17.1. The number of halogens is 2. The molecule has 0 atom stereocenters. The molecule has 0 spiro atoms. The molecule has 94 valence electrons. The van der Waals surface area contributed by atoms with E-state index in [9.17, 15) is 0 Å². The Morgan fingerprint density at radius 1 is 1.29 bits per heavy atom. The standard InChI is InChI=1S/C10H14Cl2N4O/c11-8-7-9(15-10(12)14-8)13-1-2-16-3-5-17-6-4-16/h7H,1-6H2,(H,13,14,15). The van der Waals surface area contributed by atoms with Crippen LogP contribution in [0.4, 0.5) is 5.82 Å². The number of hydrogen-bond acceptors (Lipinski definition) is 5. The zero-order valence-corrected chi connectivity index (χ0v) is 10.8. The summed E-state index contributed by atoms with van der Waals surface area (Å²) in [6.45, 7) is 5.32. The molecule has 2 heterocycles. The van der Waals surface area contributed by atoms with Crippen LogP contribution in [0.25, 0.3) is 0 Å². The van der Waals surface area contributed by atoms with Crippen LogP contribution < -0.4 is 5.32 Å². The lowest BCUT2D eigenvalue weighted by molar-refractivity contribution is 0.0398. The van der Waals surface area contributed by atoms with Crippen molar-refractivity contribution in [3.05, 3.63) is 16.5 Å². The maximum atomic E-state index is 5.78. The lowest BCUT2D eigenvalue weighted by Crippen LogP contribution is -2.39. The predicted octanol–water partition coefficient (Wildman–Crippen LogP) is 1.53. The molecule has 1 N–H and O–H groups in total. The number of anilines is 1. The molecule has 0 bridgehead atoms. The highest BCUT2D eigenvalue weighted by Crippen LogP contribution is 2.13. The Hall–Kier alpha value is -0.620. The zero-order valence-electron chi connectivity index (χ0n) is 9.33. The van der Waals surface area contributed by atoms with Crippen LogP contribution in [0, 0.1) is 0 Å². The van der Waals surface area contributed by atoms with Crippen molar-refractivity contribution >= 4 is 29.0 Å². The Morgan fingerprint density at radius 3 is 2.76 bits per heavy atom. The molecule has 0 saturated carbocycles. The quantitative estimate of drug-likeness (QED) is 0.668. The second kappa shape index (κ2) is 6.35. The Balaban J connectivity index is 1.77. The van der Waals surface area contributed by atoms with Crippen molar-refractivity contribution in [1.29, 1.82) is 0 Å². The summed E-state index contributed by atoms with van der Waals surface area (Å²) in [6.07, 6.45) is 0. The molecule has 17 heavy (non-hydrogen) atoms. The minimum atomic E-state index is 0.159. The third kappa shape index (κ3) is 4.27. The molecular weight excluding hydrogens is 263 g/mol. The van der Waals surface area contributed by atoms with E-state index in [-0.39, 0.29) is 5.28 Å². The fourth-order valence-electron chi connectivity index (χ4n) is 1.65. The van der Waals surface area contributed by atoms with Gasteiger partial charge in [-0.05, 0) is 11.6 Å². The molecule has 0 aliphatic carbocycles. The molecule has 0 aromatic carbocycles. The van der Waals surface area contributed by atoms with E-state index in [2.05, 4.69) is 20.2 Å². The van der Waals surface area contributed by atoms with Crippen molar-refractivity contribution in [2.75, 3.05) is 44.7 Å². The Kier molecular flexibility index (Phi) is 4.79. The molecule has 1 aliphatic rings. The van der Waals surface area contributed by atoms with Gasteiger partial charge in [0.25, 0.3) is 0 Å². The van der Waals surface area contributed by atoms with Gasteiger partial charge < -0.3 is 10.1 Å². The van der Waals surface area contributed by atoms with E-state index in [1.165, 1.54) is 0 Å². The van der Waals surface area contributed by atoms with Crippen LogP contribution in [0.15, 0.2) is 6.07 Å². The van der Waals surface area contributed by atoms with Crippen LogP contribution in [0.2, 0.25) is 10.4 Å². The van der Waals surface area contributed by atoms with Gasteiger partial charge in [0.15, 0.2) is 0 Å². The maximum Gasteiger partial charge on any atom is 0.225 e. The van der Waals surface area contributed by atoms with Crippen LogP contribution in [0.5, 0.6) is 0 Å². The van der Waals surface area contributed by atoms with Gasteiger partial charge in [-0.3, -0.25) is 4.90 Å². The van der Waals surface area contributed by atoms with Crippen molar-refractivity contribution in [2.24, 2.45) is 0 Å². The summed E-state index contributed by atoms with van der Waals surface area (Å²) >= 11 is 11.5. The van der Waals surface area contributed by atoms with Gasteiger partial charge in [0.2, 0.25) is 5.28 Å². The van der Waals surface area contributed by atoms with Gasteiger partial charge in [-0.2, -0.15) is 0 Å². The summed E-state index contributed by atoms with van der Waals surface area (Å²) < 4.78 is 5.28. The highest BCUT2D eigenvalue weighted by atomic mass is 35.5. The van der Waals surface area contributed by atoms with E-state index >= 15 is 0 Å². The molecule has 0 radical (unpaired) electrons. The van der Waals surface area contributed by atoms with Gasteiger partial charge in [0, 0.05) is 32.2 Å². The summed E-state index contributed by atoms with van der Waals surface area (Å²) in [5, 5.41) is 3.68. The second-order valence-corrected chi connectivity index (χ2v) is 4.45. The summed E-state index contributed by atoms with van der Waals surface area (Å²) in [6, 6.07) is 1.66. The van der Waals surface area contributed by atoms with Crippen LogP contribution in [0.1, 0.15) is 0 Å². The fraction of sp³-hybridized carbons (Fsp3) is 0.600. The van der Waals surface area contributed by atoms with E-state index < -0.39 is 0 Å². The summed E-state index contributed by atoms with van der Waals surface area (Å²) in [5.74, 6) is 0.656. The molecular formula is C10H14Cl2N4O. The predicted molar refractivity (Wildman–Crippen MR) is 67.8 cm³/mol. The number of morpholine rings is 1. The SMILES string of the molecule is Clc1cc(NCCN2CCOCC2)nc(Cl)n1. The summed E-state index contributed by atoms with van der Waals surface area (Å²) in [7, 11) is 0. The molecule has 0 unspecified atom stereocenters. The van der Waals surface area contributed by atoms with Crippen molar-refractivity contribution in [2.45, 2.75) is 0 Å². The summed E-state index contributed by atoms with van der Waals surface area (Å²) in [5.41, 5.74) is 0. The zero-order chi connectivity index (χ0) is 12.1. The van der Waals surface area contributed by atoms with Gasteiger partial charge in [-0.15, -0.1) is 0 Å². The van der Waals surface area contributed by atoms with E-state index in [1.54, 1.807) is 6.07 Å². The smallest absolute Gasteiger partial charge is 0.225 e. The minimum absolute atomic E-state index is 0.159. The highest BCUT2D eigenvalue weighted by Gasteiger charge is 2.09. The number of ether oxygens (including phenoxy) is 1. The molecule has 1 fully saturated rings. The molecule has 1 aromatic heterocycles. The average Bonchev–Trinajstić information content (AvgIpc) is 2.29. The van der Waals surface area contributed by atoms with Gasteiger partial charge in [-0.1, -0.05) is 11.6 Å². The first-order valence-electron chi connectivity index (χ1n) is 5.48. The molecule has 1 aliphatic heterocycles. The van der Waals surface area contributed by atoms with Crippen molar-refractivity contribution < 1.29 is 4.74 Å². The van der Waals surface area contributed by atoms with E-state index in [4.69, 9.17) is 27.9 Å². The summed E-state index contributed by atoms with van der Waals surface area (Å²) in [4.78, 5) is 10.2. The van der Waals surface area contributed by atoms with Gasteiger partial charge in [0.05, 0.1) is 13.2 Å². The second-order valence-electron chi connectivity index (χ2n) is 3.73. The largest absolute Gasteiger partial charge is 0.379 e. The molecule has 2 rings (SSSR count). The third-order valence-corrected chi connectivity index (χ3v) is 2.87. The van der Waals surface area contributed by atoms with Gasteiger partial charge >= 0.3 is 0 Å². The number of nitrogens with zero attached hydrogens (tertiary/aromatic N) is 3. The first-order chi connectivity index (χ1) is 8.24. The van der Waals surface area contributed by atoms with Crippen LogP contribution in [-0.2, 0) is 4.74 Å². The molecule has 0 amide bonds. The van der Waals surface area contributed by atoms with Crippen molar-refractivity contribution in [3.63, 3.8) is 0 Å². The first kappa shape index (κ1) is 12.8. The van der Waals surface area contributed by atoms with Gasteiger partial charge in [-0.25, -0.2) is 9.97 Å². The van der Waals surface area contributed by atoms with Gasteiger partial charge in [0.1, 0.15) is 11.0 Å². The number of hydrogen-bond donors (Lipinski definition) is 1. The molecule has 1 aromatic rings. The lowest BCUT2D eigenvalue weighted by atomic mass is 10.4. The van der Waals surface area contributed by atoms with E-state index in [0.29, 0.717) is 11.0 Å². The van der Waals surface area contributed by atoms with Crippen LogP contribution >= 0.6 is 23.2 Å². The first-order valence-corrected chi connectivity index (χ1v) is 6.24. The van der Waals surface area contributed by atoms with E-state index in [0.717, 1.165) is 39.4 Å². The fourth-order valence-corrected chi connectivity index (χ4v) is 2.06. The van der Waals surface area contributed by atoms with Crippen molar-refractivity contribution in [1.82, 2.24) is 14.9 Å². The highest BCUT2D eigenvalue weighted by molar-refractivity contribution is 6.32. The van der Waals surface area contributed by atoms with Crippen LogP contribution in [-0.4, -0.2) is 54.3 Å². The monoisotopic (exact) mass is 276 g/mol. The number of rotatable bonds is 4.